The number of carbonyl (C=O) groups excluding carboxylic acids is 1. The van der Waals surface area contributed by atoms with Crippen LogP contribution in [0, 0.1) is 11.3 Å². The summed E-state index contributed by atoms with van der Waals surface area (Å²) < 4.78 is 5.56. The van der Waals surface area contributed by atoms with Crippen molar-refractivity contribution in [3.05, 3.63) is 0 Å². The van der Waals surface area contributed by atoms with Crippen molar-refractivity contribution in [2.24, 2.45) is 11.3 Å². The molecule has 2 N–H and O–H groups in total. The average molecular weight is 268 g/mol. The molecule has 1 aliphatic heterocycles. The molecule has 2 rings (SSSR count). The molecule has 0 unspecified atom stereocenters. The van der Waals surface area contributed by atoms with Crippen LogP contribution in [-0.4, -0.2) is 38.8 Å². The zero-order valence-corrected chi connectivity index (χ0v) is 12.2. The number of hydrogen-bond acceptors (Lipinski definition) is 3. The fourth-order valence-corrected chi connectivity index (χ4v) is 2.93. The third-order valence-corrected chi connectivity index (χ3v) is 4.35. The maximum Gasteiger partial charge on any atom is 0.226 e. The predicted octanol–water partition coefficient (Wildman–Crippen LogP) is 1.70. The first-order chi connectivity index (χ1) is 9.27. The van der Waals surface area contributed by atoms with Gasteiger partial charge in [-0.25, -0.2) is 0 Å². The SMILES string of the molecule is CCCC1(C(=O)NCCOCC2CC2)CCNCC1. The minimum atomic E-state index is -0.128. The van der Waals surface area contributed by atoms with Gasteiger partial charge in [0.1, 0.15) is 0 Å². The van der Waals surface area contributed by atoms with E-state index in [0.29, 0.717) is 13.2 Å². The Morgan fingerprint density at radius 2 is 2.11 bits per heavy atom. The second-order valence-electron chi connectivity index (χ2n) is 6.05. The third kappa shape index (κ3) is 4.46. The molecule has 2 fully saturated rings. The van der Waals surface area contributed by atoms with E-state index in [1.807, 2.05) is 0 Å². The molecule has 0 aromatic rings. The van der Waals surface area contributed by atoms with Gasteiger partial charge in [0.2, 0.25) is 5.91 Å². The molecule has 19 heavy (non-hydrogen) atoms. The Hall–Kier alpha value is -0.610. The summed E-state index contributed by atoms with van der Waals surface area (Å²) in [5.74, 6) is 1.04. The number of nitrogens with one attached hydrogen (secondary N) is 2. The number of carbonyl (C=O) groups is 1. The maximum atomic E-state index is 12.4. The average Bonchev–Trinajstić information content (AvgIpc) is 3.23. The Morgan fingerprint density at radius 3 is 2.74 bits per heavy atom. The Bertz CT molecular complexity index is 278. The van der Waals surface area contributed by atoms with Gasteiger partial charge >= 0.3 is 0 Å². The number of amides is 1. The van der Waals surface area contributed by atoms with Gasteiger partial charge in [0.05, 0.1) is 12.0 Å². The first kappa shape index (κ1) is 14.8. The zero-order valence-electron chi connectivity index (χ0n) is 12.2. The Kier molecular flexibility index (Phi) is 5.64. The lowest BCUT2D eigenvalue weighted by molar-refractivity contribution is -0.133. The number of ether oxygens (including phenoxy) is 1. The van der Waals surface area contributed by atoms with Crippen molar-refractivity contribution in [2.45, 2.75) is 45.4 Å². The first-order valence-electron chi connectivity index (χ1n) is 7.83. The van der Waals surface area contributed by atoms with Crippen LogP contribution in [0.3, 0.4) is 0 Å². The van der Waals surface area contributed by atoms with Crippen LogP contribution in [0.15, 0.2) is 0 Å². The molecular formula is C15H28N2O2. The van der Waals surface area contributed by atoms with Crippen LogP contribution in [0.1, 0.15) is 45.4 Å². The van der Waals surface area contributed by atoms with Crippen molar-refractivity contribution >= 4 is 5.91 Å². The van der Waals surface area contributed by atoms with E-state index in [1.54, 1.807) is 0 Å². The van der Waals surface area contributed by atoms with Crippen LogP contribution in [0.4, 0.5) is 0 Å². The minimum Gasteiger partial charge on any atom is -0.379 e. The van der Waals surface area contributed by atoms with Crippen molar-refractivity contribution in [3.63, 3.8) is 0 Å². The van der Waals surface area contributed by atoms with Crippen molar-refractivity contribution in [3.8, 4) is 0 Å². The van der Waals surface area contributed by atoms with Gasteiger partial charge in [-0.2, -0.15) is 0 Å². The minimum absolute atomic E-state index is 0.128. The van der Waals surface area contributed by atoms with Crippen LogP contribution in [0.2, 0.25) is 0 Å². The highest BCUT2D eigenvalue weighted by atomic mass is 16.5. The molecule has 0 radical (unpaired) electrons. The molecule has 1 saturated carbocycles. The quantitative estimate of drug-likeness (QED) is 0.659. The van der Waals surface area contributed by atoms with E-state index >= 15 is 0 Å². The molecule has 0 aromatic carbocycles. The molecule has 0 atom stereocenters. The highest BCUT2D eigenvalue weighted by Gasteiger charge is 2.38. The lowest BCUT2D eigenvalue weighted by atomic mass is 9.74. The van der Waals surface area contributed by atoms with Gasteiger partial charge in [-0.1, -0.05) is 13.3 Å². The highest BCUT2D eigenvalue weighted by Crippen LogP contribution is 2.34. The summed E-state index contributed by atoms with van der Waals surface area (Å²) in [5.41, 5.74) is -0.128. The molecule has 1 saturated heterocycles. The third-order valence-electron chi connectivity index (χ3n) is 4.35. The Balaban J connectivity index is 1.68. The molecule has 1 aliphatic carbocycles. The van der Waals surface area contributed by atoms with Crippen molar-refractivity contribution in [1.29, 1.82) is 0 Å². The fourth-order valence-electron chi connectivity index (χ4n) is 2.93. The molecule has 1 heterocycles. The first-order valence-corrected chi connectivity index (χ1v) is 7.83. The van der Waals surface area contributed by atoms with Crippen molar-refractivity contribution < 1.29 is 9.53 Å². The summed E-state index contributed by atoms with van der Waals surface area (Å²) in [6.45, 7) is 6.28. The summed E-state index contributed by atoms with van der Waals surface area (Å²) in [5, 5.41) is 6.42. The fraction of sp³-hybridized carbons (Fsp3) is 0.933. The van der Waals surface area contributed by atoms with Crippen molar-refractivity contribution in [2.75, 3.05) is 32.8 Å². The van der Waals surface area contributed by atoms with Crippen LogP contribution in [-0.2, 0) is 9.53 Å². The maximum absolute atomic E-state index is 12.4. The van der Waals surface area contributed by atoms with Crippen LogP contribution in [0.25, 0.3) is 0 Å². The summed E-state index contributed by atoms with van der Waals surface area (Å²) in [7, 11) is 0. The molecule has 0 bridgehead atoms. The summed E-state index contributed by atoms with van der Waals surface area (Å²) in [4.78, 5) is 12.4. The van der Waals surface area contributed by atoms with E-state index in [-0.39, 0.29) is 11.3 Å². The van der Waals surface area contributed by atoms with Gasteiger partial charge in [-0.15, -0.1) is 0 Å². The van der Waals surface area contributed by atoms with Gasteiger partial charge in [-0.05, 0) is 51.1 Å². The van der Waals surface area contributed by atoms with Gasteiger partial charge in [-0.3, -0.25) is 4.79 Å². The van der Waals surface area contributed by atoms with E-state index in [0.717, 1.165) is 51.3 Å². The highest BCUT2D eigenvalue weighted by molar-refractivity contribution is 5.82. The Labute approximate surface area is 116 Å². The number of hydrogen-bond donors (Lipinski definition) is 2. The van der Waals surface area contributed by atoms with Crippen LogP contribution < -0.4 is 10.6 Å². The number of rotatable bonds is 8. The second-order valence-corrected chi connectivity index (χ2v) is 6.05. The molecule has 1 amide bonds. The summed E-state index contributed by atoms with van der Waals surface area (Å²) in [6, 6.07) is 0. The van der Waals surface area contributed by atoms with Gasteiger partial charge in [0, 0.05) is 13.2 Å². The van der Waals surface area contributed by atoms with Gasteiger partial charge in [0.25, 0.3) is 0 Å². The van der Waals surface area contributed by atoms with E-state index in [9.17, 15) is 4.79 Å². The normalized spacial score (nSPS) is 22.2. The van der Waals surface area contributed by atoms with E-state index in [4.69, 9.17) is 4.74 Å². The van der Waals surface area contributed by atoms with E-state index in [1.165, 1.54) is 12.8 Å². The largest absolute Gasteiger partial charge is 0.379 e. The van der Waals surface area contributed by atoms with E-state index < -0.39 is 0 Å². The van der Waals surface area contributed by atoms with E-state index in [2.05, 4.69) is 17.6 Å². The zero-order chi connectivity index (χ0) is 13.6. The monoisotopic (exact) mass is 268 g/mol. The van der Waals surface area contributed by atoms with Crippen molar-refractivity contribution in [1.82, 2.24) is 10.6 Å². The molecule has 4 heteroatoms. The van der Waals surface area contributed by atoms with Crippen LogP contribution >= 0.6 is 0 Å². The second kappa shape index (κ2) is 7.25. The lowest BCUT2D eigenvalue weighted by Crippen LogP contribution is -2.48. The molecule has 0 aromatic heterocycles. The lowest BCUT2D eigenvalue weighted by Gasteiger charge is -2.36. The molecular weight excluding hydrogens is 240 g/mol. The Morgan fingerprint density at radius 1 is 1.37 bits per heavy atom. The summed E-state index contributed by atoms with van der Waals surface area (Å²) in [6.07, 6.45) is 6.65. The number of piperidine rings is 1. The van der Waals surface area contributed by atoms with Crippen LogP contribution in [0.5, 0.6) is 0 Å². The standard InChI is InChI=1S/C15H28N2O2/c1-2-5-15(6-8-16-9-7-15)14(18)17-10-11-19-12-13-3-4-13/h13,16H,2-12H2,1H3,(H,17,18). The summed E-state index contributed by atoms with van der Waals surface area (Å²) >= 11 is 0. The molecule has 2 aliphatic rings. The van der Waals surface area contributed by atoms with Gasteiger partial charge in [0.15, 0.2) is 0 Å². The smallest absolute Gasteiger partial charge is 0.226 e. The molecule has 110 valence electrons. The van der Waals surface area contributed by atoms with Gasteiger partial charge < -0.3 is 15.4 Å². The molecule has 4 nitrogen and oxygen atoms in total. The molecule has 0 spiro atoms. The predicted molar refractivity (Wildman–Crippen MR) is 76.0 cm³/mol. The topological polar surface area (TPSA) is 50.4 Å².